The molecule has 3 nitrogen and oxygen atoms in total. The number of carbonyl (C=O) groups is 1. The fraction of sp³-hybridized carbons (Fsp3) is 0.375. The Morgan fingerprint density at radius 3 is 2.64 bits per heavy atom. The van der Waals surface area contributed by atoms with E-state index in [1.54, 1.807) is 12.2 Å². The van der Waals surface area contributed by atoms with Crippen molar-refractivity contribution in [2.24, 2.45) is 5.73 Å². The quantitative estimate of drug-likeness (QED) is 0.623. The van der Waals surface area contributed by atoms with Gasteiger partial charge in [0.05, 0.1) is 0 Å². The third-order valence-electron chi connectivity index (χ3n) is 1.82. The number of hydrogen-bond acceptors (Lipinski definition) is 2. The molecule has 0 aromatic rings. The molecular weight excluding hydrogens is 142 g/mol. The summed E-state index contributed by atoms with van der Waals surface area (Å²) in [6.45, 7) is 0. The maximum absolute atomic E-state index is 10.9. The lowest BCUT2D eigenvalue weighted by atomic mass is 9.94. The van der Waals surface area contributed by atoms with Gasteiger partial charge in [-0.1, -0.05) is 18.2 Å². The van der Waals surface area contributed by atoms with E-state index in [2.05, 4.69) is 0 Å². The Morgan fingerprint density at radius 1 is 1.64 bits per heavy atom. The van der Waals surface area contributed by atoms with Gasteiger partial charge in [0.25, 0.3) is 5.91 Å². The van der Waals surface area contributed by atoms with E-state index >= 15 is 0 Å². The Hall–Kier alpha value is -1.09. The average molecular weight is 153 g/mol. The second kappa shape index (κ2) is 2.88. The molecule has 1 aliphatic rings. The molecule has 0 radical (unpaired) electrons. The molecule has 1 unspecified atom stereocenters. The van der Waals surface area contributed by atoms with Crippen molar-refractivity contribution in [1.82, 2.24) is 0 Å². The summed E-state index contributed by atoms with van der Waals surface area (Å²) in [5.74, 6) is -0.444. The van der Waals surface area contributed by atoms with E-state index in [0.29, 0.717) is 6.42 Å². The maximum atomic E-state index is 10.9. The Bertz CT molecular complexity index is 220. The smallest absolute Gasteiger partial charge is 0.254 e. The Labute approximate surface area is 65.5 Å². The normalized spacial score (nSPS) is 28.8. The van der Waals surface area contributed by atoms with Gasteiger partial charge >= 0.3 is 0 Å². The Kier molecular flexibility index (Phi) is 2.10. The van der Waals surface area contributed by atoms with Crippen molar-refractivity contribution in [2.75, 3.05) is 7.11 Å². The lowest BCUT2D eigenvalue weighted by Crippen LogP contribution is -2.44. The number of carbonyl (C=O) groups excluding carboxylic acids is 1. The minimum atomic E-state index is -0.908. The fourth-order valence-electron chi connectivity index (χ4n) is 1.04. The fourth-order valence-corrected chi connectivity index (χ4v) is 1.04. The van der Waals surface area contributed by atoms with Crippen LogP contribution in [-0.2, 0) is 9.53 Å². The number of allylic oxidation sites excluding steroid dienone is 2. The standard InChI is InChI=1S/C8H11NO2/c1-11-8(7(9)10)5-3-2-4-6-8/h2-5H,6H2,1H3,(H2,9,10). The number of ether oxygens (including phenoxy) is 1. The summed E-state index contributed by atoms with van der Waals surface area (Å²) >= 11 is 0. The van der Waals surface area contributed by atoms with E-state index < -0.39 is 11.5 Å². The first-order valence-electron chi connectivity index (χ1n) is 3.41. The van der Waals surface area contributed by atoms with E-state index in [0.717, 1.165) is 0 Å². The molecule has 0 fully saturated rings. The summed E-state index contributed by atoms with van der Waals surface area (Å²) in [6, 6.07) is 0. The van der Waals surface area contributed by atoms with Crippen molar-refractivity contribution in [3.63, 3.8) is 0 Å². The molecule has 1 atom stereocenters. The van der Waals surface area contributed by atoms with Crippen LogP contribution >= 0.6 is 0 Å². The summed E-state index contributed by atoms with van der Waals surface area (Å²) in [6.07, 6.45) is 7.68. The van der Waals surface area contributed by atoms with Crippen LogP contribution in [0.5, 0.6) is 0 Å². The first-order valence-corrected chi connectivity index (χ1v) is 3.41. The van der Waals surface area contributed by atoms with Gasteiger partial charge in [-0.25, -0.2) is 0 Å². The lowest BCUT2D eigenvalue weighted by Gasteiger charge is -2.25. The van der Waals surface area contributed by atoms with Crippen molar-refractivity contribution >= 4 is 5.91 Å². The minimum Gasteiger partial charge on any atom is -0.367 e. The maximum Gasteiger partial charge on any atom is 0.254 e. The summed E-state index contributed by atoms with van der Waals surface area (Å²) in [5, 5.41) is 0. The van der Waals surface area contributed by atoms with Crippen LogP contribution in [0, 0.1) is 0 Å². The van der Waals surface area contributed by atoms with Gasteiger partial charge in [-0.3, -0.25) is 4.79 Å². The van der Waals surface area contributed by atoms with Crippen molar-refractivity contribution in [1.29, 1.82) is 0 Å². The summed E-state index contributed by atoms with van der Waals surface area (Å²) in [7, 11) is 1.48. The number of nitrogens with two attached hydrogens (primary N) is 1. The van der Waals surface area contributed by atoms with Crippen LogP contribution in [0.25, 0.3) is 0 Å². The average Bonchev–Trinajstić information content (AvgIpc) is 2.05. The van der Waals surface area contributed by atoms with Gasteiger partial charge in [-0.15, -0.1) is 0 Å². The molecule has 0 aliphatic heterocycles. The van der Waals surface area contributed by atoms with E-state index in [-0.39, 0.29) is 0 Å². The predicted octanol–water partition coefficient (Wildman–Crippen LogP) is 0.373. The highest BCUT2D eigenvalue weighted by Crippen LogP contribution is 2.20. The van der Waals surface area contributed by atoms with Gasteiger partial charge in [0.15, 0.2) is 5.60 Å². The highest BCUT2D eigenvalue weighted by atomic mass is 16.5. The van der Waals surface area contributed by atoms with E-state index in [4.69, 9.17) is 10.5 Å². The molecule has 0 bridgehead atoms. The zero-order valence-electron chi connectivity index (χ0n) is 6.41. The number of amides is 1. The number of methoxy groups -OCH3 is 1. The molecule has 0 heterocycles. The van der Waals surface area contributed by atoms with Gasteiger partial charge in [-0.2, -0.15) is 0 Å². The zero-order chi connectivity index (χ0) is 8.32. The second-order valence-corrected chi connectivity index (χ2v) is 2.45. The molecule has 0 saturated carbocycles. The first kappa shape index (κ1) is 8.01. The van der Waals surface area contributed by atoms with Crippen LogP contribution < -0.4 is 5.73 Å². The molecule has 3 heteroatoms. The molecule has 11 heavy (non-hydrogen) atoms. The highest BCUT2D eigenvalue weighted by Gasteiger charge is 2.33. The van der Waals surface area contributed by atoms with Crippen LogP contribution in [-0.4, -0.2) is 18.6 Å². The molecule has 2 N–H and O–H groups in total. The van der Waals surface area contributed by atoms with E-state index in [9.17, 15) is 4.79 Å². The van der Waals surface area contributed by atoms with Gasteiger partial charge in [-0.05, 0) is 6.08 Å². The van der Waals surface area contributed by atoms with E-state index in [1.807, 2.05) is 12.2 Å². The van der Waals surface area contributed by atoms with Gasteiger partial charge in [0.1, 0.15) is 0 Å². The SMILES string of the molecule is COC1(C(N)=O)C=CC=CC1. The molecule has 0 spiro atoms. The van der Waals surface area contributed by atoms with E-state index in [1.165, 1.54) is 7.11 Å². The third-order valence-corrected chi connectivity index (χ3v) is 1.82. The van der Waals surface area contributed by atoms with Gasteiger partial charge in [0.2, 0.25) is 0 Å². The number of primary amides is 1. The van der Waals surface area contributed by atoms with Gasteiger partial charge in [0, 0.05) is 13.5 Å². The van der Waals surface area contributed by atoms with Crippen LogP contribution in [0.2, 0.25) is 0 Å². The van der Waals surface area contributed by atoms with Crippen molar-refractivity contribution in [3.05, 3.63) is 24.3 Å². The third kappa shape index (κ3) is 1.33. The van der Waals surface area contributed by atoms with Crippen molar-refractivity contribution < 1.29 is 9.53 Å². The van der Waals surface area contributed by atoms with Crippen molar-refractivity contribution in [2.45, 2.75) is 12.0 Å². The zero-order valence-corrected chi connectivity index (χ0v) is 6.41. The molecule has 0 aromatic carbocycles. The topological polar surface area (TPSA) is 52.3 Å². The van der Waals surface area contributed by atoms with Crippen molar-refractivity contribution in [3.8, 4) is 0 Å². The Balaban J connectivity index is 2.85. The minimum absolute atomic E-state index is 0.444. The number of hydrogen-bond donors (Lipinski definition) is 1. The first-order chi connectivity index (χ1) is 5.21. The monoisotopic (exact) mass is 153 g/mol. The highest BCUT2D eigenvalue weighted by molar-refractivity contribution is 5.86. The van der Waals surface area contributed by atoms with Crippen LogP contribution in [0.3, 0.4) is 0 Å². The van der Waals surface area contributed by atoms with Crippen LogP contribution in [0.15, 0.2) is 24.3 Å². The summed E-state index contributed by atoms with van der Waals surface area (Å²) in [5.41, 5.74) is 4.26. The predicted molar refractivity (Wildman–Crippen MR) is 41.8 cm³/mol. The molecule has 0 aromatic heterocycles. The van der Waals surface area contributed by atoms with Crippen LogP contribution in [0.1, 0.15) is 6.42 Å². The van der Waals surface area contributed by atoms with Crippen LogP contribution in [0.4, 0.5) is 0 Å². The number of rotatable bonds is 2. The van der Waals surface area contributed by atoms with Gasteiger partial charge < -0.3 is 10.5 Å². The molecule has 1 rings (SSSR count). The Morgan fingerprint density at radius 2 is 2.36 bits per heavy atom. The largest absolute Gasteiger partial charge is 0.367 e. The molecule has 60 valence electrons. The summed E-state index contributed by atoms with van der Waals surface area (Å²) in [4.78, 5) is 10.9. The second-order valence-electron chi connectivity index (χ2n) is 2.45. The lowest BCUT2D eigenvalue weighted by molar-refractivity contribution is -0.134. The molecule has 0 saturated heterocycles. The summed E-state index contributed by atoms with van der Waals surface area (Å²) < 4.78 is 5.03. The molecular formula is C8H11NO2. The molecule has 1 aliphatic carbocycles. The molecule has 1 amide bonds.